The van der Waals surface area contributed by atoms with Gasteiger partial charge in [-0.25, -0.2) is 0 Å². The van der Waals surface area contributed by atoms with Crippen molar-refractivity contribution in [3.63, 3.8) is 0 Å². The number of ether oxygens (including phenoxy) is 1. The van der Waals surface area contributed by atoms with Gasteiger partial charge in [0.2, 0.25) is 5.91 Å². The van der Waals surface area contributed by atoms with Gasteiger partial charge in [-0.05, 0) is 44.5 Å². The maximum Gasteiger partial charge on any atom is 0.262 e. The van der Waals surface area contributed by atoms with Crippen molar-refractivity contribution in [1.82, 2.24) is 5.32 Å². The molecule has 0 aliphatic heterocycles. The van der Waals surface area contributed by atoms with Crippen molar-refractivity contribution in [3.05, 3.63) is 46.5 Å². The molecule has 0 fully saturated rings. The molecule has 30 heavy (non-hydrogen) atoms. The lowest BCUT2D eigenvalue weighted by Gasteiger charge is -2.16. The molecule has 0 bridgehead atoms. The average molecular weight is 429 g/mol. The summed E-state index contributed by atoms with van der Waals surface area (Å²) >= 11 is 1.27. The highest BCUT2D eigenvalue weighted by Crippen LogP contribution is 2.32. The Morgan fingerprint density at radius 2 is 1.97 bits per heavy atom. The first-order valence-corrected chi connectivity index (χ1v) is 10.8. The van der Waals surface area contributed by atoms with Crippen LogP contribution in [0, 0.1) is 12.3 Å². The molecule has 1 atom stereocenters. The monoisotopic (exact) mass is 428 g/mol. The summed E-state index contributed by atoms with van der Waals surface area (Å²) in [6.07, 6.45) is 0. The zero-order valence-electron chi connectivity index (χ0n) is 18.2. The zero-order valence-corrected chi connectivity index (χ0v) is 19.0. The molecule has 160 valence electrons. The molecule has 1 unspecified atom stereocenters. The minimum atomic E-state index is -0.504. The van der Waals surface area contributed by atoms with Crippen molar-refractivity contribution in [1.29, 1.82) is 0 Å². The molecule has 3 aromatic rings. The average Bonchev–Trinajstić information content (AvgIpc) is 3.25. The molecular weight excluding hydrogens is 400 g/mol. The van der Waals surface area contributed by atoms with Crippen molar-refractivity contribution in [2.75, 3.05) is 11.9 Å². The second-order valence-corrected chi connectivity index (χ2v) is 9.33. The van der Waals surface area contributed by atoms with Gasteiger partial charge in [-0.1, -0.05) is 32.9 Å². The van der Waals surface area contributed by atoms with Crippen molar-refractivity contribution in [2.24, 2.45) is 5.41 Å². The van der Waals surface area contributed by atoms with Crippen LogP contribution in [0.1, 0.15) is 61.7 Å². The summed E-state index contributed by atoms with van der Waals surface area (Å²) in [6.45, 7) is 11.8. The highest BCUT2D eigenvalue weighted by atomic mass is 32.1. The molecule has 6 nitrogen and oxygen atoms in total. The predicted octanol–water partition coefficient (Wildman–Crippen LogP) is 5.68. The van der Waals surface area contributed by atoms with E-state index < -0.39 is 5.41 Å². The number of carbonyl (C=O) groups excluding carboxylic acids is 2. The molecule has 0 saturated carbocycles. The Morgan fingerprint density at radius 1 is 1.23 bits per heavy atom. The number of benzene rings is 1. The quantitative estimate of drug-likeness (QED) is 0.529. The van der Waals surface area contributed by atoms with Crippen molar-refractivity contribution >= 4 is 39.1 Å². The minimum Gasteiger partial charge on any atom is -0.490 e. The van der Waals surface area contributed by atoms with Crippen LogP contribution in [0.3, 0.4) is 0 Å². The van der Waals surface area contributed by atoms with Crippen LogP contribution >= 0.6 is 11.3 Å². The summed E-state index contributed by atoms with van der Waals surface area (Å²) in [5.74, 6) is 1.05. The van der Waals surface area contributed by atoms with Gasteiger partial charge in [0.05, 0.1) is 22.5 Å². The summed E-state index contributed by atoms with van der Waals surface area (Å²) < 4.78 is 11.6. The summed E-state index contributed by atoms with van der Waals surface area (Å²) in [7, 11) is 0. The summed E-state index contributed by atoms with van der Waals surface area (Å²) in [5, 5.41) is 7.46. The van der Waals surface area contributed by atoms with Crippen LogP contribution < -0.4 is 15.4 Å². The molecular formula is C23H28N2O4S. The van der Waals surface area contributed by atoms with Gasteiger partial charge in [-0.15, -0.1) is 11.3 Å². The third-order valence-corrected chi connectivity index (χ3v) is 5.79. The van der Waals surface area contributed by atoms with E-state index in [1.807, 2.05) is 71.9 Å². The number of fused-ring (bicyclic) bond motifs is 1. The molecule has 2 aromatic heterocycles. The number of thiophene rings is 1. The van der Waals surface area contributed by atoms with Crippen LogP contribution in [0.15, 0.2) is 34.7 Å². The van der Waals surface area contributed by atoms with Crippen LogP contribution in [0.2, 0.25) is 0 Å². The summed E-state index contributed by atoms with van der Waals surface area (Å²) in [5.41, 5.74) is 0.989. The van der Waals surface area contributed by atoms with E-state index in [1.165, 1.54) is 11.3 Å². The van der Waals surface area contributed by atoms with E-state index in [0.717, 1.165) is 10.9 Å². The van der Waals surface area contributed by atoms with E-state index in [1.54, 1.807) is 0 Å². The number of rotatable bonds is 6. The number of furan rings is 1. The number of para-hydroxylation sites is 1. The Bertz CT molecular complexity index is 1070. The number of amides is 2. The van der Waals surface area contributed by atoms with Crippen LogP contribution in [-0.4, -0.2) is 18.4 Å². The Morgan fingerprint density at radius 3 is 2.63 bits per heavy atom. The van der Waals surface area contributed by atoms with Crippen LogP contribution in [0.4, 0.5) is 5.00 Å². The van der Waals surface area contributed by atoms with E-state index in [4.69, 9.17) is 9.15 Å². The maximum absolute atomic E-state index is 12.9. The molecule has 2 heterocycles. The smallest absolute Gasteiger partial charge is 0.262 e. The molecule has 2 N–H and O–H groups in total. The first kappa shape index (κ1) is 21.9. The van der Waals surface area contributed by atoms with Gasteiger partial charge in [0.15, 0.2) is 11.3 Å². The van der Waals surface area contributed by atoms with E-state index in [-0.39, 0.29) is 17.9 Å². The van der Waals surface area contributed by atoms with Crippen LogP contribution in [-0.2, 0) is 4.79 Å². The van der Waals surface area contributed by atoms with Gasteiger partial charge in [0.25, 0.3) is 5.91 Å². The number of aryl methyl sites for hydroxylation is 1. The van der Waals surface area contributed by atoms with E-state index in [0.29, 0.717) is 33.6 Å². The van der Waals surface area contributed by atoms with E-state index in [2.05, 4.69) is 10.6 Å². The van der Waals surface area contributed by atoms with Gasteiger partial charge in [0.1, 0.15) is 5.76 Å². The standard InChI is InChI=1S/C23H28N2O4S/c1-7-28-16-10-8-9-15-12-17(29-19(15)16)14(3)24-21(26)20-13(2)11-18(30-20)25-22(27)23(4,5)6/h8-12,14H,7H2,1-6H3,(H,24,26)(H,25,27). The highest BCUT2D eigenvalue weighted by Gasteiger charge is 2.24. The predicted molar refractivity (Wildman–Crippen MR) is 120 cm³/mol. The van der Waals surface area contributed by atoms with Gasteiger partial charge in [-0.3, -0.25) is 9.59 Å². The third-order valence-electron chi connectivity index (χ3n) is 4.64. The normalized spacial score (nSPS) is 12.6. The van der Waals surface area contributed by atoms with Gasteiger partial charge in [-0.2, -0.15) is 0 Å². The van der Waals surface area contributed by atoms with Crippen LogP contribution in [0.5, 0.6) is 5.75 Å². The molecule has 7 heteroatoms. The Labute approximate surface area is 180 Å². The maximum atomic E-state index is 12.9. The number of hydrogen-bond donors (Lipinski definition) is 2. The Kier molecular flexibility index (Phi) is 6.22. The molecule has 0 aliphatic rings. The third kappa shape index (κ3) is 4.67. The second-order valence-electron chi connectivity index (χ2n) is 8.28. The number of nitrogens with one attached hydrogen (secondary N) is 2. The minimum absolute atomic E-state index is 0.0866. The molecule has 0 aliphatic carbocycles. The lowest BCUT2D eigenvalue weighted by molar-refractivity contribution is -0.123. The molecule has 0 radical (unpaired) electrons. The van der Waals surface area contributed by atoms with Crippen LogP contribution in [0.25, 0.3) is 11.0 Å². The van der Waals surface area contributed by atoms with Crippen molar-refractivity contribution in [3.8, 4) is 5.75 Å². The van der Waals surface area contributed by atoms with Gasteiger partial charge >= 0.3 is 0 Å². The van der Waals surface area contributed by atoms with Crippen molar-refractivity contribution in [2.45, 2.75) is 47.6 Å². The number of anilines is 1. The molecule has 2 amide bonds. The van der Waals surface area contributed by atoms with Gasteiger partial charge in [0, 0.05) is 10.8 Å². The Balaban J connectivity index is 1.75. The number of carbonyl (C=O) groups is 2. The molecule has 3 rings (SSSR count). The van der Waals surface area contributed by atoms with E-state index in [9.17, 15) is 9.59 Å². The molecule has 0 saturated heterocycles. The molecule has 1 aromatic carbocycles. The number of hydrogen-bond acceptors (Lipinski definition) is 5. The molecule has 0 spiro atoms. The van der Waals surface area contributed by atoms with E-state index >= 15 is 0 Å². The second kappa shape index (κ2) is 8.52. The highest BCUT2D eigenvalue weighted by molar-refractivity contribution is 7.18. The largest absolute Gasteiger partial charge is 0.490 e. The fraction of sp³-hybridized carbons (Fsp3) is 0.391. The zero-order chi connectivity index (χ0) is 22.1. The summed E-state index contributed by atoms with van der Waals surface area (Å²) in [4.78, 5) is 25.6. The SMILES string of the molecule is CCOc1cccc2cc(C(C)NC(=O)c3sc(NC(=O)C(C)(C)C)cc3C)oc12. The van der Waals surface area contributed by atoms with Crippen molar-refractivity contribution < 1.29 is 18.7 Å². The lowest BCUT2D eigenvalue weighted by atomic mass is 9.96. The topological polar surface area (TPSA) is 80.6 Å². The Hall–Kier alpha value is -2.80. The first-order chi connectivity index (χ1) is 14.1. The lowest BCUT2D eigenvalue weighted by Crippen LogP contribution is -2.27. The fourth-order valence-corrected chi connectivity index (χ4v) is 3.91. The summed E-state index contributed by atoms with van der Waals surface area (Å²) in [6, 6.07) is 9.15. The van der Waals surface area contributed by atoms with Gasteiger partial charge < -0.3 is 19.8 Å². The fourth-order valence-electron chi connectivity index (χ4n) is 2.94. The first-order valence-electron chi connectivity index (χ1n) is 9.98.